The number of amides is 3. The van der Waals surface area contributed by atoms with Crippen LogP contribution in [0.4, 0.5) is 0 Å². The van der Waals surface area contributed by atoms with Gasteiger partial charge in [0.25, 0.3) is 0 Å². The minimum absolute atomic E-state index is 0.180. The van der Waals surface area contributed by atoms with Crippen LogP contribution in [-0.4, -0.2) is 29.8 Å². The molecule has 4 N–H and O–H groups in total. The zero-order valence-corrected chi connectivity index (χ0v) is 13.8. The Morgan fingerprint density at radius 2 is 1.65 bits per heavy atom. The summed E-state index contributed by atoms with van der Waals surface area (Å²) in [6.45, 7) is 5.42. The van der Waals surface area contributed by atoms with Gasteiger partial charge in [-0.25, -0.2) is 0 Å². The standard InChI is InChI=1S/C17H25N3O3/c1-11(2)9-14(18)17(23)20-16(22)12(3)19-15(21)10-13-7-5-4-6-8-13/h4-8,11-12,14H,9-10,18H2,1-3H3,(H,19,21)(H,20,22,23)/t12-,14-/m0/s1. The molecule has 0 spiro atoms. The normalized spacial score (nSPS) is 13.3. The number of hydrogen-bond donors (Lipinski definition) is 3. The molecular weight excluding hydrogens is 294 g/mol. The van der Waals surface area contributed by atoms with Gasteiger partial charge in [-0.2, -0.15) is 0 Å². The number of nitrogens with one attached hydrogen (secondary N) is 2. The fraction of sp³-hybridized carbons (Fsp3) is 0.471. The van der Waals surface area contributed by atoms with Crippen molar-refractivity contribution >= 4 is 17.7 Å². The van der Waals surface area contributed by atoms with Gasteiger partial charge in [0.05, 0.1) is 12.5 Å². The van der Waals surface area contributed by atoms with Gasteiger partial charge in [-0.05, 0) is 24.8 Å². The molecule has 1 rings (SSSR count). The Morgan fingerprint density at radius 1 is 1.04 bits per heavy atom. The molecule has 0 aliphatic heterocycles. The van der Waals surface area contributed by atoms with Gasteiger partial charge in [-0.1, -0.05) is 44.2 Å². The molecule has 0 aliphatic rings. The number of carbonyl (C=O) groups excluding carboxylic acids is 3. The molecule has 0 saturated carbocycles. The third-order valence-electron chi connectivity index (χ3n) is 3.29. The van der Waals surface area contributed by atoms with E-state index in [1.165, 1.54) is 6.92 Å². The van der Waals surface area contributed by atoms with Crippen molar-refractivity contribution < 1.29 is 14.4 Å². The average Bonchev–Trinajstić information content (AvgIpc) is 2.47. The van der Waals surface area contributed by atoms with Crippen LogP contribution >= 0.6 is 0 Å². The molecule has 3 amide bonds. The van der Waals surface area contributed by atoms with E-state index in [4.69, 9.17) is 5.73 Å². The molecule has 0 radical (unpaired) electrons. The fourth-order valence-electron chi connectivity index (χ4n) is 2.08. The second kappa shape index (κ2) is 9.05. The van der Waals surface area contributed by atoms with Crippen molar-refractivity contribution in [3.63, 3.8) is 0 Å². The summed E-state index contributed by atoms with van der Waals surface area (Å²) in [7, 11) is 0. The molecule has 126 valence electrons. The lowest BCUT2D eigenvalue weighted by molar-refractivity contribution is -0.134. The molecule has 0 aliphatic carbocycles. The lowest BCUT2D eigenvalue weighted by atomic mass is 10.0. The predicted molar refractivity (Wildman–Crippen MR) is 88.3 cm³/mol. The van der Waals surface area contributed by atoms with E-state index in [0.717, 1.165) is 5.56 Å². The maximum atomic E-state index is 11.9. The molecule has 0 saturated heterocycles. The second-order valence-corrected chi connectivity index (χ2v) is 6.04. The maximum Gasteiger partial charge on any atom is 0.248 e. The molecule has 2 atom stereocenters. The Bertz CT molecular complexity index is 543. The Morgan fingerprint density at radius 3 is 2.22 bits per heavy atom. The molecule has 0 unspecified atom stereocenters. The largest absolute Gasteiger partial charge is 0.344 e. The van der Waals surface area contributed by atoms with Gasteiger partial charge in [0.1, 0.15) is 6.04 Å². The molecule has 6 nitrogen and oxygen atoms in total. The minimum Gasteiger partial charge on any atom is -0.344 e. The van der Waals surface area contributed by atoms with E-state index < -0.39 is 23.9 Å². The first-order valence-electron chi connectivity index (χ1n) is 7.73. The first-order valence-corrected chi connectivity index (χ1v) is 7.73. The van der Waals surface area contributed by atoms with Crippen molar-refractivity contribution in [2.24, 2.45) is 11.7 Å². The quantitative estimate of drug-likeness (QED) is 0.690. The number of imide groups is 1. The smallest absolute Gasteiger partial charge is 0.248 e. The number of benzene rings is 1. The summed E-state index contributed by atoms with van der Waals surface area (Å²) in [6, 6.07) is 7.68. The van der Waals surface area contributed by atoms with Crippen LogP contribution in [0.3, 0.4) is 0 Å². The average molecular weight is 319 g/mol. The molecule has 0 aromatic heterocycles. The van der Waals surface area contributed by atoms with E-state index in [1.807, 2.05) is 44.2 Å². The van der Waals surface area contributed by atoms with Crippen molar-refractivity contribution in [1.82, 2.24) is 10.6 Å². The third-order valence-corrected chi connectivity index (χ3v) is 3.29. The van der Waals surface area contributed by atoms with E-state index in [9.17, 15) is 14.4 Å². The van der Waals surface area contributed by atoms with Crippen LogP contribution in [-0.2, 0) is 20.8 Å². The van der Waals surface area contributed by atoms with Crippen LogP contribution < -0.4 is 16.4 Å². The third kappa shape index (κ3) is 7.06. The summed E-state index contributed by atoms with van der Waals surface area (Å²) in [4.78, 5) is 35.6. The molecular formula is C17H25N3O3. The lowest BCUT2D eigenvalue weighted by Gasteiger charge is -2.17. The minimum atomic E-state index is -0.804. The second-order valence-electron chi connectivity index (χ2n) is 6.04. The molecule has 1 aromatic rings. The number of rotatable bonds is 7. The highest BCUT2D eigenvalue weighted by Gasteiger charge is 2.21. The molecule has 0 heterocycles. The Balaban J connectivity index is 2.44. The summed E-state index contributed by atoms with van der Waals surface area (Å²) >= 11 is 0. The lowest BCUT2D eigenvalue weighted by Crippen LogP contribution is -2.51. The Hall–Kier alpha value is -2.21. The molecule has 0 bridgehead atoms. The van der Waals surface area contributed by atoms with Crippen LogP contribution in [0.25, 0.3) is 0 Å². The summed E-state index contributed by atoms with van der Waals surface area (Å²) < 4.78 is 0. The van der Waals surface area contributed by atoms with Crippen LogP contribution in [0.2, 0.25) is 0 Å². The zero-order chi connectivity index (χ0) is 17.4. The van der Waals surface area contributed by atoms with E-state index >= 15 is 0 Å². The number of carbonyl (C=O) groups is 3. The van der Waals surface area contributed by atoms with E-state index in [2.05, 4.69) is 10.6 Å². The Kier molecular flexibility index (Phi) is 7.41. The van der Waals surface area contributed by atoms with Gasteiger partial charge in [0.2, 0.25) is 17.7 Å². The van der Waals surface area contributed by atoms with Gasteiger partial charge in [-0.15, -0.1) is 0 Å². The van der Waals surface area contributed by atoms with Crippen molar-refractivity contribution in [2.75, 3.05) is 0 Å². The molecule has 0 fully saturated rings. The van der Waals surface area contributed by atoms with E-state index in [1.54, 1.807) is 0 Å². The van der Waals surface area contributed by atoms with Crippen LogP contribution in [0.15, 0.2) is 30.3 Å². The van der Waals surface area contributed by atoms with Crippen molar-refractivity contribution in [1.29, 1.82) is 0 Å². The molecule has 6 heteroatoms. The zero-order valence-electron chi connectivity index (χ0n) is 13.8. The summed E-state index contributed by atoms with van der Waals surface area (Å²) in [5, 5.41) is 4.81. The highest BCUT2D eigenvalue weighted by atomic mass is 16.2. The van der Waals surface area contributed by atoms with Crippen LogP contribution in [0.1, 0.15) is 32.8 Å². The summed E-state index contributed by atoms with van der Waals surface area (Å²) in [5.41, 5.74) is 6.57. The fourth-order valence-corrected chi connectivity index (χ4v) is 2.08. The monoisotopic (exact) mass is 319 g/mol. The van der Waals surface area contributed by atoms with Gasteiger partial charge in [-0.3, -0.25) is 19.7 Å². The van der Waals surface area contributed by atoms with Crippen molar-refractivity contribution in [2.45, 2.75) is 45.7 Å². The van der Waals surface area contributed by atoms with Crippen molar-refractivity contribution in [3.05, 3.63) is 35.9 Å². The first kappa shape index (κ1) is 18.8. The maximum absolute atomic E-state index is 11.9. The summed E-state index contributed by atoms with van der Waals surface area (Å²) in [6.07, 6.45) is 0.674. The predicted octanol–water partition coefficient (Wildman–Crippen LogP) is 0.750. The summed E-state index contributed by atoms with van der Waals surface area (Å²) in [5.74, 6) is -1.10. The van der Waals surface area contributed by atoms with Gasteiger partial charge in [0, 0.05) is 0 Å². The van der Waals surface area contributed by atoms with Gasteiger partial charge < -0.3 is 11.1 Å². The number of nitrogens with two attached hydrogens (primary N) is 1. The van der Waals surface area contributed by atoms with Crippen molar-refractivity contribution in [3.8, 4) is 0 Å². The van der Waals surface area contributed by atoms with E-state index in [0.29, 0.717) is 6.42 Å². The SMILES string of the molecule is CC(C)C[C@H](N)C(=O)NC(=O)[C@H](C)NC(=O)Cc1ccccc1. The Labute approximate surface area is 136 Å². The highest BCUT2D eigenvalue weighted by molar-refractivity contribution is 6.00. The van der Waals surface area contributed by atoms with Gasteiger partial charge in [0.15, 0.2) is 0 Å². The highest BCUT2D eigenvalue weighted by Crippen LogP contribution is 2.03. The number of hydrogen-bond acceptors (Lipinski definition) is 4. The van der Waals surface area contributed by atoms with Crippen LogP contribution in [0, 0.1) is 5.92 Å². The molecule has 23 heavy (non-hydrogen) atoms. The molecule has 1 aromatic carbocycles. The van der Waals surface area contributed by atoms with Crippen LogP contribution in [0.5, 0.6) is 0 Å². The van der Waals surface area contributed by atoms with E-state index in [-0.39, 0.29) is 18.2 Å². The van der Waals surface area contributed by atoms with Gasteiger partial charge >= 0.3 is 0 Å². The first-order chi connectivity index (χ1) is 10.8. The topological polar surface area (TPSA) is 101 Å².